The molecule has 8 nitrogen and oxygen atoms in total. The summed E-state index contributed by atoms with van der Waals surface area (Å²) in [5, 5.41) is 11.4. The third kappa shape index (κ3) is 2.77. The van der Waals surface area contributed by atoms with E-state index in [4.69, 9.17) is 10.5 Å². The first-order valence-corrected chi connectivity index (χ1v) is 7.81. The zero-order chi connectivity index (χ0) is 18.8. The molecule has 0 saturated heterocycles. The highest BCUT2D eigenvalue weighted by Gasteiger charge is 2.29. The summed E-state index contributed by atoms with van der Waals surface area (Å²) in [5.74, 6) is -1.24. The lowest BCUT2D eigenvalue weighted by Crippen LogP contribution is -2.09. The average molecular weight is 353 g/mol. The van der Waals surface area contributed by atoms with E-state index in [9.17, 15) is 19.7 Å². The molecule has 2 aromatic carbocycles. The largest absolute Gasteiger partial charge is 0.462 e. The van der Waals surface area contributed by atoms with Gasteiger partial charge in [-0.1, -0.05) is 30.3 Å². The number of nitrogen functional groups attached to an aromatic ring is 1. The SMILES string of the molecule is CCOC(=O)c1c([N+](=O)[O-])ccc2[nH]c(C(=O)c3ccccc3)c(N)c12. The number of ether oxygens (including phenoxy) is 1. The van der Waals surface area contributed by atoms with E-state index in [1.165, 1.54) is 12.1 Å². The highest BCUT2D eigenvalue weighted by Crippen LogP contribution is 2.35. The molecule has 8 heteroatoms. The van der Waals surface area contributed by atoms with Crippen LogP contribution in [-0.2, 0) is 4.74 Å². The maximum absolute atomic E-state index is 12.7. The number of nitrogens with zero attached hydrogens (tertiary/aromatic N) is 1. The first kappa shape index (κ1) is 17.2. The van der Waals surface area contributed by atoms with Gasteiger partial charge in [0.25, 0.3) is 5.69 Å². The van der Waals surface area contributed by atoms with Gasteiger partial charge in [0.2, 0.25) is 5.78 Å². The third-order valence-electron chi connectivity index (χ3n) is 3.92. The molecule has 26 heavy (non-hydrogen) atoms. The Bertz CT molecular complexity index is 1020. The van der Waals surface area contributed by atoms with Crippen molar-refractivity contribution >= 4 is 34.0 Å². The number of H-pyrrole nitrogens is 1. The number of carbonyl (C=O) groups is 2. The van der Waals surface area contributed by atoms with E-state index < -0.39 is 16.6 Å². The number of carbonyl (C=O) groups excluding carboxylic acids is 2. The lowest BCUT2D eigenvalue weighted by Gasteiger charge is -2.05. The molecule has 0 fully saturated rings. The molecule has 0 amide bonds. The van der Waals surface area contributed by atoms with E-state index in [1.54, 1.807) is 37.3 Å². The number of nitrogens with one attached hydrogen (secondary N) is 1. The number of esters is 1. The lowest BCUT2D eigenvalue weighted by atomic mass is 10.0. The summed E-state index contributed by atoms with van der Waals surface area (Å²) in [7, 11) is 0. The minimum absolute atomic E-state index is 0.0272. The average Bonchev–Trinajstić information content (AvgIpc) is 2.98. The molecule has 0 atom stereocenters. The first-order valence-electron chi connectivity index (χ1n) is 7.81. The van der Waals surface area contributed by atoms with Crippen LogP contribution in [0.1, 0.15) is 33.3 Å². The number of aromatic nitrogens is 1. The molecule has 0 spiro atoms. The van der Waals surface area contributed by atoms with Crippen molar-refractivity contribution in [2.75, 3.05) is 12.3 Å². The van der Waals surface area contributed by atoms with Crippen LogP contribution in [0, 0.1) is 10.1 Å². The second kappa shape index (κ2) is 6.67. The Hall–Kier alpha value is -3.68. The van der Waals surface area contributed by atoms with Gasteiger partial charge in [-0.15, -0.1) is 0 Å². The van der Waals surface area contributed by atoms with Crippen LogP contribution in [0.2, 0.25) is 0 Å². The van der Waals surface area contributed by atoms with Crippen molar-refractivity contribution in [3.05, 3.63) is 69.4 Å². The Balaban J connectivity index is 2.26. The number of anilines is 1. The van der Waals surface area contributed by atoms with Crippen LogP contribution in [0.15, 0.2) is 42.5 Å². The van der Waals surface area contributed by atoms with Crippen molar-refractivity contribution in [2.24, 2.45) is 0 Å². The van der Waals surface area contributed by atoms with E-state index in [0.717, 1.165) is 0 Å². The van der Waals surface area contributed by atoms with Crippen molar-refractivity contribution < 1.29 is 19.2 Å². The number of nitrogens with two attached hydrogens (primary N) is 1. The summed E-state index contributed by atoms with van der Waals surface area (Å²) < 4.78 is 4.94. The standard InChI is InChI=1S/C18H15N3O5/c1-2-26-18(23)14-12(21(24)25)9-8-11-13(14)15(19)16(20-11)17(22)10-6-4-3-5-7-10/h3-9,20H,2,19H2,1H3. The predicted molar refractivity (Wildman–Crippen MR) is 95.2 cm³/mol. The molecule has 1 heterocycles. The van der Waals surface area contributed by atoms with Gasteiger partial charge in [0.15, 0.2) is 0 Å². The molecule has 3 aromatic rings. The number of aromatic amines is 1. The van der Waals surface area contributed by atoms with Gasteiger partial charge in [-0.25, -0.2) is 4.79 Å². The van der Waals surface area contributed by atoms with Gasteiger partial charge in [-0.2, -0.15) is 0 Å². The van der Waals surface area contributed by atoms with E-state index in [1.807, 2.05) is 0 Å². The normalized spacial score (nSPS) is 10.7. The fourth-order valence-corrected chi connectivity index (χ4v) is 2.78. The molecule has 0 saturated carbocycles. The van der Waals surface area contributed by atoms with Crippen molar-refractivity contribution in [1.29, 1.82) is 0 Å². The van der Waals surface area contributed by atoms with Gasteiger partial charge in [0.1, 0.15) is 11.3 Å². The molecule has 0 aliphatic heterocycles. The second-order valence-electron chi connectivity index (χ2n) is 5.47. The van der Waals surface area contributed by atoms with E-state index in [-0.39, 0.29) is 34.7 Å². The minimum atomic E-state index is -0.866. The number of rotatable bonds is 5. The quantitative estimate of drug-likeness (QED) is 0.314. The summed E-state index contributed by atoms with van der Waals surface area (Å²) >= 11 is 0. The molecule has 0 unspecified atom stereocenters. The van der Waals surface area contributed by atoms with Crippen LogP contribution >= 0.6 is 0 Å². The molecule has 0 aliphatic carbocycles. The van der Waals surface area contributed by atoms with Crippen LogP contribution in [0.5, 0.6) is 0 Å². The van der Waals surface area contributed by atoms with Gasteiger partial charge in [0, 0.05) is 22.5 Å². The van der Waals surface area contributed by atoms with Gasteiger partial charge in [0.05, 0.1) is 17.2 Å². The zero-order valence-electron chi connectivity index (χ0n) is 13.8. The molecular formula is C18H15N3O5. The van der Waals surface area contributed by atoms with Crippen LogP contribution in [0.4, 0.5) is 11.4 Å². The number of ketones is 1. The Labute approximate surface area is 147 Å². The zero-order valence-corrected chi connectivity index (χ0v) is 13.8. The van der Waals surface area contributed by atoms with Crippen LogP contribution in [0.25, 0.3) is 10.9 Å². The van der Waals surface area contributed by atoms with Crippen molar-refractivity contribution in [3.8, 4) is 0 Å². The molecular weight excluding hydrogens is 338 g/mol. The maximum atomic E-state index is 12.7. The third-order valence-corrected chi connectivity index (χ3v) is 3.92. The van der Waals surface area contributed by atoms with E-state index in [2.05, 4.69) is 4.98 Å². The summed E-state index contributed by atoms with van der Waals surface area (Å²) in [6.45, 7) is 1.64. The predicted octanol–water partition coefficient (Wildman–Crippen LogP) is 3.07. The smallest absolute Gasteiger partial charge is 0.345 e. The van der Waals surface area contributed by atoms with Crippen LogP contribution in [-0.4, -0.2) is 28.3 Å². The molecule has 0 aliphatic rings. The first-order chi connectivity index (χ1) is 12.5. The topological polar surface area (TPSA) is 128 Å². The fraction of sp³-hybridized carbons (Fsp3) is 0.111. The Morgan fingerprint density at radius 3 is 2.50 bits per heavy atom. The molecule has 3 N–H and O–H groups in total. The number of nitro groups is 1. The maximum Gasteiger partial charge on any atom is 0.345 e. The monoisotopic (exact) mass is 353 g/mol. The molecule has 3 rings (SSSR count). The van der Waals surface area contributed by atoms with Gasteiger partial charge in [-0.05, 0) is 13.0 Å². The minimum Gasteiger partial charge on any atom is -0.462 e. The van der Waals surface area contributed by atoms with Gasteiger partial charge in [-0.3, -0.25) is 14.9 Å². The summed E-state index contributed by atoms with van der Waals surface area (Å²) in [6.07, 6.45) is 0. The van der Waals surface area contributed by atoms with Crippen molar-refractivity contribution in [1.82, 2.24) is 4.98 Å². The Morgan fingerprint density at radius 2 is 1.88 bits per heavy atom. The summed E-state index contributed by atoms with van der Waals surface area (Å²) in [5.41, 5.74) is 6.18. The van der Waals surface area contributed by atoms with Crippen molar-refractivity contribution in [3.63, 3.8) is 0 Å². The molecule has 132 valence electrons. The second-order valence-corrected chi connectivity index (χ2v) is 5.47. The van der Waals surface area contributed by atoms with Crippen LogP contribution < -0.4 is 5.73 Å². The van der Waals surface area contributed by atoms with Gasteiger partial charge < -0.3 is 15.5 Å². The number of benzene rings is 2. The highest BCUT2D eigenvalue weighted by atomic mass is 16.6. The number of nitro benzene ring substituents is 1. The molecule has 1 aromatic heterocycles. The van der Waals surface area contributed by atoms with Crippen molar-refractivity contribution in [2.45, 2.75) is 6.92 Å². The van der Waals surface area contributed by atoms with E-state index >= 15 is 0 Å². The van der Waals surface area contributed by atoms with Crippen LogP contribution in [0.3, 0.4) is 0 Å². The van der Waals surface area contributed by atoms with Gasteiger partial charge >= 0.3 is 5.97 Å². The Kier molecular flexibility index (Phi) is 4.40. The number of hydrogen-bond donors (Lipinski definition) is 2. The Morgan fingerprint density at radius 1 is 1.19 bits per heavy atom. The lowest BCUT2D eigenvalue weighted by molar-refractivity contribution is -0.385. The highest BCUT2D eigenvalue weighted by molar-refractivity contribution is 6.20. The fourth-order valence-electron chi connectivity index (χ4n) is 2.78. The molecule has 0 bridgehead atoms. The van der Waals surface area contributed by atoms with E-state index in [0.29, 0.717) is 11.1 Å². The summed E-state index contributed by atoms with van der Waals surface area (Å²) in [4.78, 5) is 38.5. The number of hydrogen-bond acceptors (Lipinski definition) is 6. The number of fused-ring (bicyclic) bond motifs is 1. The molecule has 0 radical (unpaired) electrons. The summed E-state index contributed by atoms with van der Waals surface area (Å²) in [6, 6.07) is 11.0.